The molecule has 0 unspecified atom stereocenters. The maximum Gasteiger partial charge on any atom is 0.387 e. The van der Waals surface area contributed by atoms with E-state index in [-0.39, 0.29) is 22.3 Å². The topological polar surface area (TPSA) is 69.0 Å². The first-order valence-corrected chi connectivity index (χ1v) is 8.98. The lowest BCUT2D eigenvalue weighted by molar-refractivity contribution is -0.111. The summed E-state index contributed by atoms with van der Waals surface area (Å²) in [6.07, 6.45) is 4.85. The summed E-state index contributed by atoms with van der Waals surface area (Å²) >= 11 is 0.993. The van der Waals surface area contributed by atoms with Crippen LogP contribution in [-0.4, -0.2) is 27.1 Å². The molecule has 1 amide bonds. The molecule has 2 heterocycles. The average Bonchev–Trinajstić information content (AvgIpc) is 3.27. The molecule has 0 aliphatic heterocycles. The number of imidazole rings is 1. The van der Waals surface area contributed by atoms with Gasteiger partial charge in [-0.25, -0.2) is 9.97 Å². The Labute approximate surface area is 166 Å². The molecule has 6 nitrogen and oxygen atoms in total. The third kappa shape index (κ3) is 4.99. The number of aromatic nitrogens is 3. The largest absolute Gasteiger partial charge is 0.434 e. The van der Waals surface area contributed by atoms with Crippen LogP contribution < -0.4 is 10.1 Å². The standard InChI is InChI=1S/C18H14F4N4O2S/c1-10-14(15-23-8-9-26(15)16(19)20)29-18(24-10)25-13(27)7-6-11-4-2-3-5-12(11)28-17(21)22/h2-9,16-17H,1H3,(H,24,25,27)/b7-6+. The minimum atomic E-state index is -2.99. The molecule has 2 aromatic heterocycles. The van der Waals surface area contributed by atoms with Crippen LogP contribution in [0.2, 0.25) is 0 Å². The van der Waals surface area contributed by atoms with Crippen LogP contribution in [0.25, 0.3) is 16.8 Å². The Bertz CT molecular complexity index is 1030. The number of halogens is 4. The summed E-state index contributed by atoms with van der Waals surface area (Å²) in [7, 11) is 0. The van der Waals surface area contributed by atoms with Gasteiger partial charge in [-0.05, 0) is 19.1 Å². The van der Waals surface area contributed by atoms with Crippen molar-refractivity contribution in [1.29, 1.82) is 0 Å². The molecule has 0 radical (unpaired) electrons. The molecular formula is C18H14F4N4O2S. The van der Waals surface area contributed by atoms with E-state index in [0.29, 0.717) is 15.1 Å². The minimum Gasteiger partial charge on any atom is -0.434 e. The van der Waals surface area contributed by atoms with E-state index in [9.17, 15) is 22.4 Å². The van der Waals surface area contributed by atoms with Gasteiger partial charge in [0.1, 0.15) is 5.75 Å². The molecule has 11 heteroatoms. The average molecular weight is 426 g/mol. The van der Waals surface area contributed by atoms with Crippen LogP contribution >= 0.6 is 11.3 Å². The SMILES string of the molecule is Cc1nc(NC(=O)/C=C/c2ccccc2OC(F)F)sc1-c1nccn1C(F)F. The molecule has 0 saturated carbocycles. The molecule has 0 aliphatic carbocycles. The van der Waals surface area contributed by atoms with E-state index in [4.69, 9.17) is 0 Å². The first-order valence-electron chi connectivity index (χ1n) is 8.17. The Hall–Kier alpha value is -3.21. The second-order valence-corrected chi connectivity index (χ2v) is 6.61. The predicted octanol–water partition coefficient (Wildman–Crippen LogP) is 4.96. The Morgan fingerprint density at radius 1 is 1.28 bits per heavy atom. The van der Waals surface area contributed by atoms with Gasteiger partial charge >= 0.3 is 13.2 Å². The van der Waals surface area contributed by atoms with Gasteiger partial charge in [-0.15, -0.1) is 0 Å². The Balaban J connectivity index is 1.74. The lowest BCUT2D eigenvalue weighted by Crippen LogP contribution is -2.07. The fraction of sp³-hybridized carbons (Fsp3) is 0.167. The van der Waals surface area contributed by atoms with Crippen molar-refractivity contribution in [2.45, 2.75) is 20.1 Å². The van der Waals surface area contributed by atoms with Crippen LogP contribution in [0.3, 0.4) is 0 Å². The lowest BCUT2D eigenvalue weighted by atomic mass is 10.2. The molecule has 29 heavy (non-hydrogen) atoms. The normalized spacial score (nSPS) is 11.6. The third-order valence-corrected chi connectivity index (χ3v) is 4.73. The number of ether oxygens (including phenoxy) is 1. The number of alkyl halides is 4. The highest BCUT2D eigenvalue weighted by Crippen LogP contribution is 2.33. The second-order valence-electron chi connectivity index (χ2n) is 5.61. The van der Waals surface area contributed by atoms with Crippen LogP contribution in [0.15, 0.2) is 42.7 Å². The zero-order chi connectivity index (χ0) is 21.0. The van der Waals surface area contributed by atoms with Gasteiger partial charge in [0.2, 0.25) is 5.91 Å². The molecular weight excluding hydrogens is 412 g/mol. The highest BCUT2D eigenvalue weighted by atomic mass is 32.1. The summed E-state index contributed by atoms with van der Waals surface area (Å²) in [5.74, 6) is -0.601. The van der Waals surface area contributed by atoms with Crippen LogP contribution in [-0.2, 0) is 4.79 Å². The number of para-hydroxylation sites is 1. The van der Waals surface area contributed by atoms with Crippen molar-refractivity contribution < 1.29 is 27.1 Å². The fourth-order valence-corrected chi connectivity index (χ4v) is 3.41. The third-order valence-electron chi connectivity index (χ3n) is 3.66. The van der Waals surface area contributed by atoms with Crippen molar-refractivity contribution in [3.05, 3.63) is 54.0 Å². The molecule has 0 atom stereocenters. The van der Waals surface area contributed by atoms with Crippen molar-refractivity contribution in [2.75, 3.05) is 5.32 Å². The molecule has 1 aromatic carbocycles. The maximum absolute atomic E-state index is 13.0. The van der Waals surface area contributed by atoms with Gasteiger partial charge in [-0.3, -0.25) is 14.7 Å². The maximum atomic E-state index is 13.0. The number of nitrogens with one attached hydrogen (secondary N) is 1. The smallest absolute Gasteiger partial charge is 0.387 e. The van der Waals surface area contributed by atoms with Crippen LogP contribution in [0.1, 0.15) is 17.8 Å². The molecule has 0 spiro atoms. The molecule has 0 fully saturated rings. The van der Waals surface area contributed by atoms with Gasteiger partial charge in [0.15, 0.2) is 11.0 Å². The molecule has 3 aromatic rings. The molecule has 152 valence electrons. The number of thiazole rings is 1. The van der Waals surface area contributed by atoms with Gasteiger partial charge in [0.05, 0.1) is 10.6 Å². The zero-order valence-corrected chi connectivity index (χ0v) is 15.7. The number of hydrogen-bond donors (Lipinski definition) is 1. The zero-order valence-electron chi connectivity index (χ0n) is 14.9. The molecule has 0 aliphatic rings. The highest BCUT2D eigenvalue weighted by molar-refractivity contribution is 7.19. The number of amides is 1. The van der Waals surface area contributed by atoms with Gasteiger partial charge in [0.25, 0.3) is 0 Å². The van der Waals surface area contributed by atoms with E-state index < -0.39 is 19.1 Å². The van der Waals surface area contributed by atoms with E-state index in [1.54, 1.807) is 13.0 Å². The van der Waals surface area contributed by atoms with Crippen LogP contribution in [0.4, 0.5) is 22.7 Å². The van der Waals surface area contributed by atoms with E-state index in [0.717, 1.165) is 23.6 Å². The van der Waals surface area contributed by atoms with Gasteiger partial charge in [-0.1, -0.05) is 29.5 Å². The van der Waals surface area contributed by atoms with Crippen LogP contribution in [0, 0.1) is 6.92 Å². The predicted molar refractivity (Wildman–Crippen MR) is 100 cm³/mol. The van der Waals surface area contributed by atoms with Crippen molar-refractivity contribution >= 4 is 28.5 Å². The van der Waals surface area contributed by atoms with Crippen LogP contribution in [0.5, 0.6) is 5.75 Å². The molecule has 1 N–H and O–H groups in total. The van der Waals surface area contributed by atoms with Crippen molar-refractivity contribution in [2.24, 2.45) is 0 Å². The summed E-state index contributed by atoms with van der Waals surface area (Å²) < 4.78 is 56.0. The molecule has 0 bridgehead atoms. The number of benzene rings is 1. The first-order chi connectivity index (χ1) is 13.8. The summed E-state index contributed by atoms with van der Waals surface area (Å²) in [6, 6.07) is 6.00. The first kappa shape index (κ1) is 20.5. The van der Waals surface area contributed by atoms with Crippen molar-refractivity contribution in [1.82, 2.24) is 14.5 Å². The summed E-state index contributed by atoms with van der Waals surface area (Å²) in [4.78, 5) is 20.6. The van der Waals surface area contributed by atoms with Gasteiger partial charge in [-0.2, -0.15) is 17.6 Å². The quantitative estimate of drug-likeness (QED) is 0.428. The van der Waals surface area contributed by atoms with E-state index in [1.807, 2.05) is 0 Å². The minimum absolute atomic E-state index is 0.0455. The fourth-order valence-electron chi connectivity index (χ4n) is 2.44. The van der Waals surface area contributed by atoms with Gasteiger partial charge in [0, 0.05) is 24.0 Å². The summed E-state index contributed by atoms with van der Waals surface area (Å²) in [6.45, 7) is -4.14. The highest BCUT2D eigenvalue weighted by Gasteiger charge is 2.19. The second kappa shape index (κ2) is 8.86. The summed E-state index contributed by atoms with van der Waals surface area (Å²) in [5, 5.41) is 2.70. The monoisotopic (exact) mass is 426 g/mol. The van der Waals surface area contributed by atoms with Crippen molar-refractivity contribution in [3.8, 4) is 16.5 Å². The molecule has 3 rings (SSSR count). The number of anilines is 1. The molecule has 0 saturated heterocycles. The number of aryl methyl sites for hydroxylation is 1. The number of carbonyl (C=O) groups excluding carboxylic acids is 1. The Morgan fingerprint density at radius 3 is 2.76 bits per heavy atom. The number of hydrogen-bond acceptors (Lipinski definition) is 5. The lowest BCUT2D eigenvalue weighted by Gasteiger charge is -2.07. The van der Waals surface area contributed by atoms with E-state index in [2.05, 4.69) is 20.0 Å². The number of nitrogens with zero attached hydrogens (tertiary/aromatic N) is 3. The Morgan fingerprint density at radius 2 is 2.03 bits per heavy atom. The number of rotatable bonds is 7. The number of carbonyl (C=O) groups is 1. The Kier molecular flexibility index (Phi) is 6.27. The van der Waals surface area contributed by atoms with E-state index >= 15 is 0 Å². The van der Waals surface area contributed by atoms with E-state index in [1.165, 1.54) is 30.5 Å². The van der Waals surface area contributed by atoms with Crippen molar-refractivity contribution in [3.63, 3.8) is 0 Å². The van der Waals surface area contributed by atoms with Gasteiger partial charge < -0.3 is 4.74 Å². The summed E-state index contributed by atoms with van der Waals surface area (Å²) in [5.41, 5.74) is 0.718.